The van der Waals surface area contributed by atoms with Gasteiger partial charge in [0.05, 0.1) is 13.2 Å². The van der Waals surface area contributed by atoms with E-state index in [0.717, 1.165) is 13.1 Å². The SMILES string of the molecule is CC1(C)OCCN(c2ccccc2)CCO1. The van der Waals surface area contributed by atoms with Crippen LogP contribution in [-0.4, -0.2) is 32.1 Å². The Balaban J connectivity index is 1.99. The summed E-state index contributed by atoms with van der Waals surface area (Å²) in [5.41, 5.74) is 1.23. The van der Waals surface area contributed by atoms with Crippen LogP contribution < -0.4 is 4.90 Å². The summed E-state index contributed by atoms with van der Waals surface area (Å²) < 4.78 is 11.3. The number of benzene rings is 1. The summed E-state index contributed by atoms with van der Waals surface area (Å²) in [6.07, 6.45) is 0. The minimum absolute atomic E-state index is 0.442. The summed E-state index contributed by atoms with van der Waals surface area (Å²) in [7, 11) is 0. The topological polar surface area (TPSA) is 21.7 Å². The second kappa shape index (κ2) is 4.85. The Kier molecular flexibility index (Phi) is 3.46. The molecule has 0 aliphatic carbocycles. The Morgan fingerprint density at radius 1 is 1.00 bits per heavy atom. The van der Waals surface area contributed by atoms with Crippen LogP contribution in [0.25, 0.3) is 0 Å². The molecule has 1 aliphatic rings. The Morgan fingerprint density at radius 2 is 1.56 bits per heavy atom. The van der Waals surface area contributed by atoms with E-state index in [1.807, 2.05) is 19.9 Å². The number of rotatable bonds is 1. The van der Waals surface area contributed by atoms with Crippen molar-refractivity contribution in [3.8, 4) is 0 Å². The Bertz CT molecular complexity index is 312. The third kappa shape index (κ3) is 2.97. The fourth-order valence-electron chi connectivity index (χ4n) is 1.85. The maximum atomic E-state index is 5.66. The maximum absolute atomic E-state index is 5.66. The smallest absolute Gasteiger partial charge is 0.162 e. The summed E-state index contributed by atoms with van der Waals surface area (Å²) in [5.74, 6) is -0.442. The van der Waals surface area contributed by atoms with E-state index in [1.54, 1.807) is 0 Å². The molecule has 0 amide bonds. The minimum Gasteiger partial charge on any atom is -0.367 e. The van der Waals surface area contributed by atoms with Crippen molar-refractivity contribution in [2.45, 2.75) is 19.6 Å². The molecule has 0 N–H and O–H groups in total. The van der Waals surface area contributed by atoms with Gasteiger partial charge < -0.3 is 14.4 Å². The van der Waals surface area contributed by atoms with Gasteiger partial charge in [-0.15, -0.1) is 0 Å². The van der Waals surface area contributed by atoms with Crippen molar-refractivity contribution in [1.29, 1.82) is 0 Å². The van der Waals surface area contributed by atoms with Crippen LogP contribution >= 0.6 is 0 Å². The van der Waals surface area contributed by atoms with Crippen molar-refractivity contribution in [2.75, 3.05) is 31.2 Å². The first-order chi connectivity index (χ1) is 7.67. The van der Waals surface area contributed by atoms with E-state index in [4.69, 9.17) is 9.47 Å². The monoisotopic (exact) mass is 221 g/mol. The summed E-state index contributed by atoms with van der Waals surface area (Å²) in [6.45, 7) is 7.15. The molecule has 1 fully saturated rings. The van der Waals surface area contributed by atoms with Gasteiger partial charge in [-0.1, -0.05) is 18.2 Å². The van der Waals surface area contributed by atoms with Crippen LogP contribution in [0, 0.1) is 0 Å². The van der Waals surface area contributed by atoms with Crippen molar-refractivity contribution in [3.05, 3.63) is 30.3 Å². The van der Waals surface area contributed by atoms with Crippen molar-refractivity contribution >= 4 is 5.69 Å². The largest absolute Gasteiger partial charge is 0.367 e. The predicted molar refractivity (Wildman–Crippen MR) is 64.6 cm³/mol. The van der Waals surface area contributed by atoms with Gasteiger partial charge in [-0.05, 0) is 26.0 Å². The van der Waals surface area contributed by atoms with E-state index in [1.165, 1.54) is 5.69 Å². The molecule has 2 rings (SSSR count). The zero-order valence-corrected chi connectivity index (χ0v) is 9.98. The average Bonchev–Trinajstić information content (AvgIpc) is 2.25. The first-order valence-electron chi connectivity index (χ1n) is 5.75. The van der Waals surface area contributed by atoms with Gasteiger partial charge in [-0.25, -0.2) is 0 Å². The highest BCUT2D eigenvalue weighted by atomic mass is 16.7. The Hall–Kier alpha value is -1.06. The highest BCUT2D eigenvalue weighted by molar-refractivity contribution is 5.45. The van der Waals surface area contributed by atoms with Crippen LogP contribution in [0.1, 0.15) is 13.8 Å². The lowest BCUT2D eigenvalue weighted by atomic mass is 10.3. The van der Waals surface area contributed by atoms with E-state index in [-0.39, 0.29) is 0 Å². The fourth-order valence-corrected chi connectivity index (χ4v) is 1.85. The molecule has 0 atom stereocenters. The Labute approximate surface area is 97.0 Å². The number of anilines is 1. The normalized spacial score (nSPS) is 21.2. The number of hydrogen-bond acceptors (Lipinski definition) is 3. The fraction of sp³-hybridized carbons (Fsp3) is 0.538. The molecule has 1 aromatic carbocycles. The maximum Gasteiger partial charge on any atom is 0.162 e. The zero-order chi connectivity index (χ0) is 11.4. The first-order valence-corrected chi connectivity index (χ1v) is 5.75. The minimum atomic E-state index is -0.442. The van der Waals surface area contributed by atoms with Crippen LogP contribution in [0.5, 0.6) is 0 Å². The van der Waals surface area contributed by atoms with Gasteiger partial charge in [0.25, 0.3) is 0 Å². The summed E-state index contributed by atoms with van der Waals surface area (Å²) in [5, 5.41) is 0. The number of nitrogens with zero attached hydrogens (tertiary/aromatic N) is 1. The van der Waals surface area contributed by atoms with Crippen molar-refractivity contribution in [3.63, 3.8) is 0 Å². The summed E-state index contributed by atoms with van der Waals surface area (Å²) in [6, 6.07) is 10.4. The molecular formula is C13H19NO2. The molecule has 3 heteroatoms. The van der Waals surface area contributed by atoms with Crippen LogP contribution in [0.2, 0.25) is 0 Å². The summed E-state index contributed by atoms with van der Waals surface area (Å²) in [4.78, 5) is 2.29. The van der Waals surface area contributed by atoms with Gasteiger partial charge in [0, 0.05) is 18.8 Å². The quantitative estimate of drug-likeness (QED) is 0.726. The first kappa shape index (κ1) is 11.4. The van der Waals surface area contributed by atoms with Crippen LogP contribution in [-0.2, 0) is 9.47 Å². The van der Waals surface area contributed by atoms with Crippen molar-refractivity contribution in [2.24, 2.45) is 0 Å². The lowest BCUT2D eigenvalue weighted by Gasteiger charge is -2.33. The molecule has 16 heavy (non-hydrogen) atoms. The van der Waals surface area contributed by atoms with Gasteiger partial charge in [0.1, 0.15) is 0 Å². The van der Waals surface area contributed by atoms with Crippen LogP contribution in [0.3, 0.4) is 0 Å². The van der Waals surface area contributed by atoms with Gasteiger partial charge >= 0.3 is 0 Å². The molecule has 0 aromatic heterocycles. The van der Waals surface area contributed by atoms with E-state index >= 15 is 0 Å². The lowest BCUT2D eigenvalue weighted by molar-refractivity contribution is -0.214. The third-order valence-electron chi connectivity index (χ3n) is 2.74. The standard InChI is InChI=1S/C13H19NO2/c1-13(2)15-10-8-14(9-11-16-13)12-6-4-3-5-7-12/h3-7H,8-11H2,1-2H3. The van der Waals surface area contributed by atoms with Gasteiger partial charge in [-0.2, -0.15) is 0 Å². The van der Waals surface area contributed by atoms with Gasteiger partial charge in [0.15, 0.2) is 5.79 Å². The molecule has 1 aromatic rings. The van der Waals surface area contributed by atoms with E-state index in [0.29, 0.717) is 13.2 Å². The number of para-hydroxylation sites is 1. The molecule has 0 radical (unpaired) electrons. The molecular weight excluding hydrogens is 202 g/mol. The third-order valence-corrected chi connectivity index (χ3v) is 2.74. The molecule has 88 valence electrons. The second-order valence-corrected chi connectivity index (χ2v) is 4.42. The summed E-state index contributed by atoms with van der Waals surface area (Å²) >= 11 is 0. The molecule has 3 nitrogen and oxygen atoms in total. The number of ether oxygens (including phenoxy) is 2. The highest BCUT2D eigenvalue weighted by Gasteiger charge is 2.22. The highest BCUT2D eigenvalue weighted by Crippen LogP contribution is 2.17. The molecule has 1 aliphatic heterocycles. The van der Waals surface area contributed by atoms with Gasteiger partial charge in [-0.3, -0.25) is 0 Å². The van der Waals surface area contributed by atoms with E-state index in [9.17, 15) is 0 Å². The molecule has 0 unspecified atom stereocenters. The number of hydrogen-bond donors (Lipinski definition) is 0. The average molecular weight is 221 g/mol. The zero-order valence-electron chi connectivity index (χ0n) is 9.98. The molecule has 1 heterocycles. The van der Waals surface area contributed by atoms with Crippen molar-refractivity contribution in [1.82, 2.24) is 0 Å². The van der Waals surface area contributed by atoms with E-state index < -0.39 is 5.79 Å². The van der Waals surface area contributed by atoms with Crippen LogP contribution in [0.15, 0.2) is 30.3 Å². The molecule has 1 saturated heterocycles. The second-order valence-electron chi connectivity index (χ2n) is 4.42. The van der Waals surface area contributed by atoms with Gasteiger partial charge in [0.2, 0.25) is 0 Å². The Morgan fingerprint density at radius 3 is 2.12 bits per heavy atom. The van der Waals surface area contributed by atoms with Crippen LogP contribution in [0.4, 0.5) is 5.69 Å². The van der Waals surface area contributed by atoms with Crippen molar-refractivity contribution < 1.29 is 9.47 Å². The van der Waals surface area contributed by atoms with E-state index in [2.05, 4.69) is 29.2 Å². The molecule has 0 saturated carbocycles. The predicted octanol–water partition coefficient (Wildman–Crippen LogP) is 2.28. The molecule has 0 bridgehead atoms. The molecule has 0 spiro atoms. The lowest BCUT2D eigenvalue weighted by Crippen LogP contribution is -2.41.